The number of hydrogen-bond donors (Lipinski definition) is 2. The second-order valence-electron chi connectivity index (χ2n) is 5.75. The van der Waals surface area contributed by atoms with E-state index < -0.39 is 0 Å². The molecule has 0 aromatic heterocycles. The number of benzene rings is 1. The highest BCUT2D eigenvalue weighted by atomic mass is 16.5. The van der Waals surface area contributed by atoms with E-state index in [4.69, 9.17) is 10.5 Å². The fourth-order valence-electron chi connectivity index (χ4n) is 1.74. The lowest BCUT2D eigenvalue weighted by atomic mass is 9.89. The Labute approximate surface area is 111 Å². The summed E-state index contributed by atoms with van der Waals surface area (Å²) in [7, 11) is 0. The number of rotatable bonds is 7. The molecular weight excluding hydrogens is 224 g/mol. The third kappa shape index (κ3) is 5.41. The van der Waals surface area contributed by atoms with Gasteiger partial charge in [-0.1, -0.05) is 13.8 Å². The van der Waals surface area contributed by atoms with E-state index in [2.05, 4.69) is 31.3 Å². The lowest BCUT2D eigenvalue weighted by molar-refractivity contribution is 0.242. The van der Waals surface area contributed by atoms with E-state index in [1.807, 2.05) is 26.0 Å². The quantitative estimate of drug-likeness (QED) is 0.781. The van der Waals surface area contributed by atoms with Gasteiger partial charge in [0.1, 0.15) is 5.75 Å². The Morgan fingerprint density at radius 1 is 1.22 bits per heavy atom. The average Bonchev–Trinajstić information content (AvgIpc) is 2.27. The first-order chi connectivity index (χ1) is 8.43. The van der Waals surface area contributed by atoms with Crippen molar-refractivity contribution in [2.24, 2.45) is 11.1 Å². The van der Waals surface area contributed by atoms with Gasteiger partial charge in [0.15, 0.2) is 0 Å². The van der Waals surface area contributed by atoms with Crippen LogP contribution in [-0.4, -0.2) is 19.2 Å². The summed E-state index contributed by atoms with van der Waals surface area (Å²) in [5.74, 6) is 0.914. The maximum absolute atomic E-state index is 5.61. The first kappa shape index (κ1) is 14.8. The van der Waals surface area contributed by atoms with Crippen LogP contribution in [0.3, 0.4) is 0 Å². The van der Waals surface area contributed by atoms with Crippen LogP contribution in [0.2, 0.25) is 0 Å². The van der Waals surface area contributed by atoms with Crippen LogP contribution in [0.15, 0.2) is 24.3 Å². The monoisotopic (exact) mass is 250 g/mol. The third-order valence-electron chi connectivity index (χ3n) is 2.82. The molecule has 0 bridgehead atoms. The second-order valence-corrected chi connectivity index (χ2v) is 5.75. The van der Waals surface area contributed by atoms with Crippen LogP contribution in [0, 0.1) is 5.41 Å². The molecule has 3 heteroatoms. The van der Waals surface area contributed by atoms with E-state index in [-0.39, 0.29) is 11.5 Å². The molecule has 0 saturated carbocycles. The average molecular weight is 250 g/mol. The largest absolute Gasteiger partial charge is 0.491 e. The predicted molar refractivity (Wildman–Crippen MR) is 78.1 cm³/mol. The minimum absolute atomic E-state index is 0.215. The first-order valence-corrected chi connectivity index (χ1v) is 6.63. The minimum Gasteiger partial charge on any atom is -0.491 e. The summed E-state index contributed by atoms with van der Waals surface area (Å²) in [6.07, 6.45) is 1.24. The molecule has 0 unspecified atom stereocenters. The zero-order valence-corrected chi connectivity index (χ0v) is 12.0. The van der Waals surface area contributed by atoms with Gasteiger partial charge < -0.3 is 15.8 Å². The van der Waals surface area contributed by atoms with E-state index >= 15 is 0 Å². The Bertz CT molecular complexity index is 344. The molecule has 0 atom stereocenters. The van der Waals surface area contributed by atoms with Crippen LogP contribution in [0.25, 0.3) is 0 Å². The van der Waals surface area contributed by atoms with E-state index in [9.17, 15) is 0 Å². The summed E-state index contributed by atoms with van der Waals surface area (Å²) in [6, 6.07) is 8.10. The molecule has 3 N–H and O–H groups in total. The van der Waals surface area contributed by atoms with Gasteiger partial charge in [0, 0.05) is 12.2 Å². The van der Waals surface area contributed by atoms with Crippen molar-refractivity contribution in [3.63, 3.8) is 0 Å². The van der Waals surface area contributed by atoms with Crippen LogP contribution >= 0.6 is 0 Å². The Kier molecular flexibility index (Phi) is 5.48. The fraction of sp³-hybridized carbons (Fsp3) is 0.600. The van der Waals surface area contributed by atoms with Gasteiger partial charge in [-0.2, -0.15) is 0 Å². The third-order valence-corrected chi connectivity index (χ3v) is 2.82. The summed E-state index contributed by atoms with van der Waals surface area (Å²) in [5, 5.41) is 3.44. The highest BCUT2D eigenvalue weighted by Gasteiger charge is 2.16. The number of nitrogens with two attached hydrogens (primary N) is 1. The van der Waals surface area contributed by atoms with Gasteiger partial charge in [0.2, 0.25) is 0 Å². The molecule has 0 heterocycles. The topological polar surface area (TPSA) is 47.3 Å². The standard InChI is InChI=1S/C15H26N2O/c1-12(2)18-14-7-5-13(6-8-14)17-11-15(3,4)9-10-16/h5-8,12,17H,9-11,16H2,1-4H3. The van der Waals surface area contributed by atoms with Gasteiger partial charge in [-0.15, -0.1) is 0 Å². The zero-order chi connectivity index (χ0) is 13.6. The lowest BCUT2D eigenvalue weighted by Gasteiger charge is -2.24. The molecule has 0 fully saturated rings. The van der Waals surface area contributed by atoms with Crippen molar-refractivity contribution in [2.45, 2.75) is 40.2 Å². The Balaban J connectivity index is 2.48. The number of ether oxygens (including phenoxy) is 1. The van der Waals surface area contributed by atoms with Crippen molar-refractivity contribution in [2.75, 3.05) is 18.4 Å². The summed E-state index contributed by atoms with van der Waals surface area (Å²) in [6.45, 7) is 10.2. The van der Waals surface area contributed by atoms with E-state index in [1.54, 1.807) is 0 Å². The van der Waals surface area contributed by atoms with Crippen molar-refractivity contribution in [1.82, 2.24) is 0 Å². The van der Waals surface area contributed by atoms with Crippen LogP contribution in [0.4, 0.5) is 5.69 Å². The van der Waals surface area contributed by atoms with Crippen molar-refractivity contribution < 1.29 is 4.74 Å². The van der Waals surface area contributed by atoms with Gasteiger partial charge in [0.25, 0.3) is 0 Å². The Morgan fingerprint density at radius 2 is 1.83 bits per heavy atom. The molecule has 0 aliphatic heterocycles. The summed E-state index contributed by atoms with van der Waals surface area (Å²) in [5.41, 5.74) is 6.95. The van der Waals surface area contributed by atoms with Gasteiger partial charge in [0.05, 0.1) is 6.10 Å². The van der Waals surface area contributed by atoms with Crippen LogP contribution in [0.5, 0.6) is 5.75 Å². The predicted octanol–water partition coefficient (Wildman–Crippen LogP) is 3.26. The van der Waals surface area contributed by atoms with Crippen LogP contribution in [0.1, 0.15) is 34.1 Å². The molecule has 0 saturated heterocycles. The highest BCUT2D eigenvalue weighted by molar-refractivity contribution is 5.46. The molecule has 0 radical (unpaired) electrons. The maximum atomic E-state index is 5.61. The summed E-state index contributed by atoms with van der Waals surface area (Å²) in [4.78, 5) is 0. The van der Waals surface area contributed by atoms with E-state index in [0.29, 0.717) is 0 Å². The van der Waals surface area contributed by atoms with Gasteiger partial charge >= 0.3 is 0 Å². The normalized spacial score (nSPS) is 11.7. The fourth-order valence-corrected chi connectivity index (χ4v) is 1.74. The minimum atomic E-state index is 0.215. The molecule has 1 rings (SSSR count). The molecule has 3 nitrogen and oxygen atoms in total. The summed E-state index contributed by atoms with van der Waals surface area (Å²) < 4.78 is 5.61. The Morgan fingerprint density at radius 3 is 2.33 bits per heavy atom. The smallest absolute Gasteiger partial charge is 0.119 e. The zero-order valence-electron chi connectivity index (χ0n) is 12.0. The molecule has 1 aromatic rings. The van der Waals surface area contributed by atoms with Gasteiger partial charge in [-0.3, -0.25) is 0 Å². The maximum Gasteiger partial charge on any atom is 0.119 e. The van der Waals surface area contributed by atoms with Gasteiger partial charge in [-0.05, 0) is 56.5 Å². The number of anilines is 1. The van der Waals surface area contributed by atoms with Crippen molar-refractivity contribution in [3.05, 3.63) is 24.3 Å². The summed E-state index contributed by atoms with van der Waals surface area (Å²) >= 11 is 0. The molecule has 0 spiro atoms. The van der Waals surface area contributed by atoms with Crippen molar-refractivity contribution >= 4 is 5.69 Å². The number of nitrogens with one attached hydrogen (secondary N) is 1. The van der Waals surface area contributed by atoms with E-state index in [1.165, 1.54) is 0 Å². The molecule has 102 valence electrons. The molecule has 0 aliphatic rings. The van der Waals surface area contributed by atoms with Crippen molar-refractivity contribution in [1.29, 1.82) is 0 Å². The van der Waals surface area contributed by atoms with Crippen molar-refractivity contribution in [3.8, 4) is 5.75 Å². The molecule has 1 aromatic carbocycles. The molecule has 18 heavy (non-hydrogen) atoms. The number of hydrogen-bond acceptors (Lipinski definition) is 3. The molecule has 0 aliphatic carbocycles. The Hall–Kier alpha value is -1.22. The highest BCUT2D eigenvalue weighted by Crippen LogP contribution is 2.22. The van der Waals surface area contributed by atoms with Crippen LogP contribution in [-0.2, 0) is 0 Å². The SMILES string of the molecule is CC(C)Oc1ccc(NCC(C)(C)CCN)cc1. The lowest BCUT2D eigenvalue weighted by Crippen LogP contribution is -2.26. The second kappa shape index (κ2) is 6.64. The van der Waals surface area contributed by atoms with Gasteiger partial charge in [-0.25, -0.2) is 0 Å². The van der Waals surface area contributed by atoms with E-state index in [0.717, 1.165) is 30.9 Å². The van der Waals surface area contributed by atoms with Crippen LogP contribution < -0.4 is 15.8 Å². The first-order valence-electron chi connectivity index (χ1n) is 6.63. The molecule has 0 amide bonds. The molecular formula is C15H26N2O.